The van der Waals surface area contributed by atoms with Gasteiger partial charge in [-0.1, -0.05) is 24.3 Å². The fraction of sp³-hybridized carbons (Fsp3) is 0.118. The number of nitrogens with one attached hydrogen (secondary N) is 1. The summed E-state index contributed by atoms with van der Waals surface area (Å²) >= 11 is 2.55. The molecule has 2 aromatic carbocycles. The minimum Gasteiger partial charge on any atom is -0.325 e. The molecule has 0 aliphatic heterocycles. The summed E-state index contributed by atoms with van der Waals surface area (Å²) in [7, 11) is 0. The number of nitrogens with zero attached hydrogens (tertiary/aromatic N) is 2. The molecule has 0 atom stereocenters. The van der Waals surface area contributed by atoms with Gasteiger partial charge in [0, 0.05) is 11.3 Å². The van der Waals surface area contributed by atoms with E-state index in [2.05, 4.69) is 10.3 Å². The van der Waals surface area contributed by atoms with E-state index < -0.39 is 0 Å². The lowest BCUT2D eigenvalue weighted by Gasteiger charge is -2.09. The fourth-order valence-electron chi connectivity index (χ4n) is 2.17. The van der Waals surface area contributed by atoms with Crippen LogP contribution in [0.3, 0.4) is 0 Å². The number of aromatic nitrogens is 1. The molecule has 0 saturated carbocycles. The van der Waals surface area contributed by atoms with Crippen LogP contribution in [0.25, 0.3) is 20.8 Å². The number of fused-ring (bicyclic) bond motifs is 1. The number of carbonyl (C=O) groups excluding carboxylic acids is 1. The zero-order valence-electron chi connectivity index (χ0n) is 12.4. The van der Waals surface area contributed by atoms with Crippen LogP contribution < -0.4 is 5.32 Å². The summed E-state index contributed by atoms with van der Waals surface area (Å²) in [5.74, 6) is -0.0532. The first-order chi connectivity index (χ1) is 11.2. The molecule has 6 heteroatoms. The minimum absolute atomic E-state index is 0.126. The Labute approximate surface area is 142 Å². The van der Waals surface area contributed by atoms with Crippen LogP contribution in [0, 0.1) is 17.6 Å². The van der Waals surface area contributed by atoms with Gasteiger partial charge in [0.05, 0.1) is 16.0 Å². The van der Waals surface area contributed by atoms with E-state index in [9.17, 15) is 4.79 Å². The Morgan fingerprint density at radius 2 is 2.17 bits per heavy atom. The Morgan fingerprint density at radius 1 is 1.35 bits per heavy atom. The summed E-state index contributed by atoms with van der Waals surface area (Å²) in [4.78, 5) is 16.5. The van der Waals surface area contributed by atoms with Gasteiger partial charge in [-0.05, 0) is 42.4 Å². The monoisotopic (exact) mass is 339 g/mol. The van der Waals surface area contributed by atoms with E-state index >= 15 is 0 Å². The molecule has 23 heavy (non-hydrogen) atoms. The summed E-state index contributed by atoms with van der Waals surface area (Å²) in [5, 5.41) is 14.2. The number of nitriles is 1. The molecule has 114 valence electrons. The Morgan fingerprint density at radius 3 is 2.96 bits per heavy atom. The number of hydrogen-bond acceptors (Lipinski definition) is 5. The van der Waals surface area contributed by atoms with Crippen LogP contribution in [-0.4, -0.2) is 16.6 Å². The van der Waals surface area contributed by atoms with Gasteiger partial charge >= 0.3 is 0 Å². The summed E-state index contributed by atoms with van der Waals surface area (Å²) < 4.78 is 1.14. The second-order valence-electron chi connectivity index (χ2n) is 4.94. The molecule has 0 spiro atoms. The normalized spacial score (nSPS) is 10.4. The van der Waals surface area contributed by atoms with Crippen LogP contribution in [0.15, 0.2) is 42.5 Å². The Bertz CT molecular complexity index is 879. The molecule has 1 N–H and O–H groups in total. The average molecular weight is 339 g/mol. The number of hydrogen-bond donors (Lipinski definition) is 1. The number of rotatable bonds is 4. The summed E-state index contributed by atoms with van der Waals surface area (Å²) in [5.41, 5.74) is 3.68. The highest BCUT2D eigenvalue weighted by Gasteiger charge is 2.10. The van der Waals surface area contributed by atoms with E-state index in [1.54, 1.807) is 11.3 Å². The van der Waals surface area contributed by atoms with Gasteiger partial charge in [0.15, 0.2) is 0 Å². The highest BCUT2D eigenvalue weighted by Crippen LogP contribution is 2.32. The van der Waals surface area contributed by atoms with Crippen LogP contribution in [0.2, 0.25) is 0 Å². The van der Waals surface area contributed by atoms with Crippen molar-refractivity contribution in [1.29, 1.82) is 5.26 Å². The van der Waals surface area contributed by atoms with Crippen molar-refractivity contribution in [3.63, 3.8) is 0 Å². The Balaban J connectivity index is 1.90. The average Bonchev–Trinajstić information content (AvgIpc) is 2.99. The minimum atomic E-state index is -0.180. The van der Waals surface area contributed by atoms with Crippen molar-refractivity contribution >= 4 is 44.9 Å². The molecular formula is C17H13N3OS2. The van der Waals surface area contributed by atoms with Gasteiger partial charge in [0.2, 0.25) is 5.91 Å². The zero-order valence-corrected chi connectivity index (χ0v) is 14.0. The highest BCUT2D eigenvalue weighted by atomic mass is 32.2. The number of thiocyanates is 1. The third-order valence-corrected chi connectivity index (χ3v) is 4.94. The summed E-state index contributed by atoms with van der Waals surface area (Å²) in [6.07, 6.45) is 0. The van der Waals surface area contributed by atoms with Crippen molar-refractivity contribution < 1.29 is 4.79 Å². The highest BCUT2D eigenvalue weighted by molar-refractivity contribution is 8.04. The number of amides is 1. The van der Waals surface area contributed by atoms with E-state index in [0.717, 1.165) is 43.8 Å². The molecule has 4 nitrogen and oxygen atoms in total. The van der Waals surface area contributed by atoms with E-state index in [0.29, 0.717) is 0 Å². The molecule has 0 aliphatic rings. The second kappa shape index (κ2) is 6.82. The fourth-order valence-corrected chi connectivity index (χ4v) is 3.40. The maximum atomic E-state index is 11.8. The van der Waals surface area contributed by atoms with Crippen LogP contribution in [-0.2, 0) is 4.79 Å². The van der Waals surface area contributed by atoms with Gasteiger partial charge in [0.1, 0.15) is 10.4 Å². The lowest BCUT2D eigenvalue weighted by molar-refractivity contribution is -0.113. The maximum absolute atomic E-state index is 11.8. The van der Waals surface area contributed by atoms with Crippen LogP contribution >= 0.6 is 23.1 Å². The molecule has 1 aromatic heterocycles. The topological polar surface area (TPSA) is 65.8 Å². The first-order valence-electron chi connectivity index (χ1n) is 6.94. The van der Waals surface area contributed by atoms with Gasteiger partial charge in [-0.25, -0.2) is 4.98 Å². The predicted octanol–water partition coefficient (Wildman–Crippen LogP) is 4.42. The van der Waals surface area contributed by atoms with Gasteiger partial charge in [0.25, 0.3) is 0 Å². The van der Waals surface area contributed by atoms with Crippen LogP contribution in [0.5, 0.6) is 0 Å². The Hall–Kier alpha value is -2.36. The van der Waals surface area contributed by atoms with E-state index in [-0.39, 0.29) is 11.7 Å². The number of anilines is 1. The van der Waals surface area contributed by atoms with Gasteiger partial charge < -0.3 is 5.32 Å². The van der Waals surface area contributed by atoms with Gasteiger partial charge in [-0.15, -0.1) is 11.3 Å². The van der Waals surface area contributed by atoms with E-state index in [1.165, 1.54) is 0 Å². The third-order valence-electron chi connectivity index (χ3n) is 3.32. The molecule has 0 saturated heterocycles. The molecule has 0 radical (unpaired) electrons. The summed E-state index contributed by atoms with van der Waals surface area (Å²) in [6, 6.07) is 13.9. The Kier molecular flexibility index (Phi) is 4.60. The molecule has 3 aromatic rings. The van der Waals surface area contributed by atoms with Crippen molar-refractivity contribution in [2.45, 2.75) is 6.92 Å². The number of aryl methyl sites for hydroxylation is 1. The molecule has 0 unspecified atom stereocenters. The quantitative estimate of drug-likeness (QED) is 0.714. The molecule has 3 rings (SSSR count). The lowest BCUT2D eigenvalue weighted by atomic mass is 10.1. The van der Waals surface area contributed by atoms with E-state index in [1.807, 2.05) is 54.8 Å². The van der Waals surface area contributed by atoms with Crippen LogP contribution in [0.1, 0.15) is 5.56 Å². The number of carbonyl (C=O) groups is 1. The number of para-hydroxylation sites is 1. The first-order valence-corrected chi connectivity index (χ1v) is 8.75. The summed E-state index contributed by atoms with van der Waals surface area (Å²) in [6.45, 7) is 1.94. The molecule has 0 fully saturated rings. The third kappa shape index (κ3) is 3.52. The lowest BCUT2D eigenvalue weighted by Crippen LogP contribution is -2.14. The van der Waals surface area contributed by atoms with Gasteiger partial charge in [-0.3, -0.25) is 4.79 Å². The second-order valence-corrected chi connectivity index (χ2v) is 6.74. The number of benzene rings is 2. The van der Waals surface area contributed by atoms with Gasteiger partial charge in [-0.2, -0.15) is 5.26 Å². The molecule has 1 amide bonds. The molecule has 1 heterocycles. The zero-order chi connectivity index (χ0) is 16.2. The van der Waals surface area contributed by atoms with Crippen molar-refractivity contribution in [2.24, 2.45) is 0 Å². The van der Waals surface area contributed by atoms with E-state index in [4.69, 9.17) is 5.26 Å². The number of thiazole rings is 1. The molecular weight excluding hydrogens is 326 g/mol. The molecule has 0 bridgehead atoms. The number of thioether (sulfide) groups is 1. The van der Waals surface area contributed by atoms with Crippen molar-refractivity contribution in [2.75, 3.05) is 11.1 Å². The first kappa shape index (κ1) is 15.5. The molecule has 0 aliphatic carbocycles. The van der Waals surface area contributed by atoms with Crippen molar-refractivity contribution in [3.8, 4) is 16.0 Å². The van der Waals surface area contributed by atoms with Crippen molar-refractivity contribution in [3.05, 3.63) is 48.0 Å². The SMILES string of the molecule is Cc1ccc(-c2nc3ccccc3s2)cc1NC(=O)CSC#N. The van der Waals surface area contributed by atoms with Crippen LogP contribution in [0.4, 0.5) is 5.69 Å². The maximum Gasteiger partial charge on any atom is 0.235 e. The largest absolute Gasteiger partial charge is 0.325 e. The van der Waals surface area contributed by atoms with Crippen molar-refractivity contribution in [1.82, 2.24) is 4.98 Å². The standard InChI is InChI=1S/C17H13N3OS2/c1-11-6-7-12(8-14(11)19-16(21)9-22-10-18)17-20-13-4-2-3-5-15(13)23-17/h2-8H,9H2,1H3,(H,19,21). The predicted molar refractivity (Wildman–Crippen MR) is 96.5 cm³/mol. The smallest absolute Gasteiger partial charge is 0.235 e.